The summed E-state index contributed by atoms with van der Waals surface area (Å²) in [7, 11) is 0. The van der Waals surface area contributed by atoms with Gasteiger partial charge >= 0.3 is 11.9 Å². The van der Waals surface area contributed by atoms with Gasteiger partial charge < -0.3 is 9.15 Å². The number of rotatable bonds is 3. The number of oxazole rings is 1. The minimum Gasteiger partial charge on any atom is -0.461 e. The van der Waals surface area contributed by atoms with E-state index in [1.807, 2.05) is 0 Å². The van der Waals surface area contributed by atoms with Crippen molar-refractivity contribution in [3.05, 3.63) is 17.3 Å². The first-order valence-electron chi connectivity index (χ1n) is 3.65. The lowest BCUT2D eigenvalue weighted by Crippen LogP contribution is -2.28. The van der Waals surface area contributed by atoms with Crippen LogP contribution in [0.15, 0.2) is 10.7 Å². The van der Waals surface area contributed by atoms with Crippen LogP contribution in [0, 0.1) is 0 Å². The van der Waals surface area contributed by atoms with Crippen LogP contribution in [0.2, 0.25) is 5.35 Å². The Hall–Kier alpha value is -1.17. The zero-order valence-corrected chi connectivity index (χ0v) is 7.85. The Bertz CT molecular complexity index is 339. The Morgan fingerprint density at radius 1 is 1.79 bits per heavy atom. The summed E-state index contributed by atoms with van der Waals surface area (Å²) in [5.74, 6) is -5.50. The molecule has 4 nitrogen and oxygen atoms in total. The summed E-state index contributed by atoms with van der Waals surface area (Å²) in [6, 6.07) is 0. The molecule has 14 heavy (non-hydrogen) atoms. The molecule has 78 valence electrons. The minimum absolute atomic E-state index is 0.139. The number of esters is 1. The smallest absolute Gasteiger partial charge is 0.387 e. The summed E-state index contributed by atoms with van der Waals surface area (Å²) < 4.78 is 34.7. The summed E-state index contributed by atoms with van der Waals surface area (Å²) in [5, 5.41) is -0.455. The quantitative estimate of drug-likeness (QED) is 0.738. The van der Waals surface area contributed by atoms with Gasteiger partial charge in [0.15, 0.2) is 5.69 Å². The third-order valence-corrected chi connectivity index (χ3v) is 1.50. The van der Waals surface area contributed by atoms with Gasteiger partial charge in [-0.3, -0.25) is 0 Å². The minimum atomic E-state index is -3.83. The Morgan fingerprint density at radius 2 is 2.43 bits per heavy atom. The van der Waals surface area contributed by atoms with E-state index >= 15 is 0 Å². The molecule has 1 heterocycles. The van der Waals surface area contributed by atoms with Crippen LogP contribution in [-0.2, 0) is 15.5 Å². The van der Waals surface area contributed by atoms with Crippen LogP contribution < -0.4 is 0 Å². The summed E-state index contributed by atoms with van der Waals surface area (Å²) in [6.45, 7) is 1.28. The number of aromatic nitrogens is 1. The zero-order chi connectivity index (χ0) is 10.8. The topological polar surface area (TPSA) is 52.3 Å². The van der Waals surface area contributed by atoms with Gasteiger partial charge in [0.1, 0.15) is 6.26 Å². The number of alkyl halides is 2. The molecule has 0 saturated carbocycles. The standard InChI is InChI=1S/C7H6ClF2NO3/c1-2-13-5(12)7(9,10)4-3-14-6(8)11-4/h3H,2H2,1H3. The maximum atomic E-state index is 13.1. The van der Waals surface area contributed by atoms with Gasteiger partial charge in [0.05, 0.1) is 6.61 Å². The molecule has 0 radical (unpaired) electrons. The molecule has 0 saturated heterocycles. The first kappa shape index (κ1) is 10.9. The van der Waals surface area contributed by atoms with Gasteiger partial charge in [-0.05, 0) is 18.5 Å². The number of hydrogen-bond acceptors (Lipinski definition) is 4. The Kier molecular flexibility index (Phi) is 3.05. The summed E-state index contributed by atoms with van der Waals surface area (Å²) in [6.07, 6.45) is 0.610. The van der Waals surface area contributed by atoms with Crippen LogP contribution in [0.25, 0.3) is 0 Å². The SMILES string of the molecule is CCOC(=O)C(F)(F)c1coc(Cl)n1. The van der Waals surface area contributed by atoms with Crippen molar-refractivity contribution < 1.29 is 22.7 Å². The number of nitrogens with zero attached hydrogens (tertiary/aromatic N) is 1. The van der Waals surface area contributed by atoms with Crippen LogP contribution in [0.3, 0.4) is 0 Å². The van der Waals surface area contributed by atoms with E-state index in [1.165, 1.54) is 6.92 Å². The van der Waals surface area contributed by atoms with Crippen LogP contribution in [0.4, 0.5) is 8.78 Å². The van der Waals surface area contributed by atoms with Gasteiger partial charge in [-0.25, -0.2) is 4.79 Å². The van der Waals surface area contributed by atoms with Crippen molar-refractivity contribution >= 4 is 17.6 Å². The monoisotopic (exact) mass is 225 g/mol. The Morgan fingerprint density at radius 3 is 2.86 bits per heavy atom. The van der Waals surface area contributed by atoms with E-state index in [0.717, 1.165) is 0 Å². The van der Waals surface area contributed by atoms with Crippen molar-refractivity contribution in [3.8, 4) is 0 Å². The molecule has 0 N–H and O–H groups in total. The average Bonchev–Trinajstić information content (AvgIpc) is 2.52. The normalized spacial score (nSPS) is 11.4. The van der Waals surface area contributed by atoms with Gasteiger partial charge in [-0.15, -0.1) is 0 Å². The van der Waals surface area contributed by atoms with Crippen LogP contribution >= 0.6 is 11.6 Å². The molecule has 0 aromatic carbocycles. The number of hydrogen-bond donors (Lipinski definition) is 0. The number of ether oxygens (including phenoxy) is 1. The fourth-order valence-corrected chi connectivity index (χ4v) is 0.858. The number of halogens is 3. The molecule has 0 spiro atoms. The van der Waals surface area contributed by atoms with Gasteiger partial charge in [0, 0.05) is 0 Å². The second kappa shape index (κ2) is 3.91. The molecule has 0 unspecified atom stereocenters. The zero-order valence-electron chi connectivity index (χ0n) is 7.09. The fourth-order valence-electron chi connectivity index (χ4n) is 0.722. The van der Waals surface area contributed by atoms with Crippen LogP contribution in [0.1, 0.15) is 12.6 Å². The van der Waals surface area contributed by atoms with Crippen LogP contribution in [-0.4, -0.2) is 17.6 Å². The molecule has 7 heteroatoms. The van der Waals surface area contributed by atoms with Crippen molar-refractivity contribution in [3.63, 3.8) is 0 Å². The van der Waals surface area contributed by atoms with Crippen molar-refractivity contribution in [2.24, 2.45) is 0 Å². The number of carbonyl (C=O) groups is 1. The highest BCUT2D eigenvalue weighted by Crippen LogP contribution is 2.29. The maximum absolute atomic E-state index is 13.1. The van der Waals surface area contributed by atoms with Gasteiger partial charge in [0.25, 0.3) is 5.35 Å². The lowest BCUT2D eigenvalue weighted by atomic mass is 10.2. The highest BCUT2D eigenvalue weighted by molar-refractivity contribution is 6.27. The number of carbonyl (C=O) groups excluding carboxylic acids is 1. The molecular weight excluding hydrogens is 220 g/mol. The molecule has 1 aromatic heterocycles. The lowest BCUT2D eigenvalue weighted by Gasteiger charge is -2.10. The van der Waals surface area contributed by atoms with E-state index in [2.05, 4.69) is 14.1 Å². The predicted octanol–water partition coefficient (Wildman–Crippen LogP) is 1.98. The van der Waals surface area contributed by atoms with E-state index in [0.29, 0.717) is 6.26 Å². The highest BCUT2D eigenvalue weighted by Gasteiger charge is 2.45. The van der Waals surface area contributed by atoms with Crippen molar-refractivity contribution in [2.45, 2.75) is 12.8 Å². The second-order valence-corrected chi connectivity index (χ2v) is 2.60. The first-order chi connectivity index (χ1) is 6.48. The van der Waals surface area contributed by atoms with E-state index in [4.69, 9.17) is 11.6 Å². The summed E-state index contributed by atoms with van der Waals surface area (Å²) in [4.78, 5) is 13.9. The molecule has 0 fully saturated rings. The van der Waals surface area contributed by atoms with E-state index in [1.54, 1.807) is 0 Å². The van der Waals surface area contributed by atoms with Crippen molar-refractivity contribution in [2.75, 3.05) is 6.61 Å². The molecule has 1 rings (SSSR count). The van der Waals surface area contributed by atoms with Gasteiger partial charge in [-0.1, -0.05) is 0 Å². The lowest BCUT2D eigenvalue weighted by molar-refractivity contribution is -0.173. The maximum Gasteiger partial charge on any atom is 0.387 e. The molecule has 0 atom stereocenters. The highest BCUT2D eigenvalue weighted by atomic mass is 35.5. The Labute approximate surface area is 82.8 Å². The first-order valence-corrected chi connectivity index (χ1v) is 4.02. The molecule has 1 aromatic rings. The van der Waals surface area contributed by atoms with Crippen molar-refractivity contribution in [1.29, 1.82) is 0 Å². The second-order valence-electron chi connectivity index (χ2n) is 2.28. The summed E-state index contributed by atoms with van der Waals surface area (Å²) in [5.41, 5.74) is -0.860. The van der Waals surface area contributed by atoms with Gasteiger partial charge in [0.2, 0.25) is 0 Å². The largest absolute Gasteiger partial charge is 0.461 e. The van der Waals surface area contributed by atoms with E-state index in [-0.39, 0.29) is 6.61 Å². The Balaban J connectivity index is 2.89. The average molecular weight is 226 g/mol. The molecule has 0 bridgehead atoms. The summed E-state index contributed by atoms with van der Waals surface area (Å²) >= 11 is 5.18. The third kappa shape index (κ3) is 2.01. The molecule has 0 aliphatic heterocycles. The van der Waals surface area contributed by atoms with Crippen molar-refractivity contribution in [1.82, 2.24) is 4.98 Å². The predicted molar refractivity (Wildman–Crippen MR) is 42.0 cm³/mol. The van der Waals surface area contributed by atoms with E-state index < -0.39 is 22.9 Å². The molecule has 0 aliphatic rings. The van der Waals surface area contributed by atoms with Gasteiger partial charge in [-0.2, -0.15) is 13.8 Å². The van der Waals surface area contributed by atoms with Crippen LogP contribution in [0.5, 0.6) is 0 Å². The fraction of sp³-hybridized carbons (Fsp3) is 0.429. The third-order valence-electron chi connectivity index (χ3n) is 1.33. The molecular formula is C7H6ClF2NO3. The van der Waals surface area contributed by atoms with E-state index in [9.17, 15) is 13.6 Å². The molecule has 0 aliphatic carbocycles. The molecule has 0 amide bonds.